The SMILES string of the molecule is CCCNC(C)CCCCN1CCCC2CCCCC21. The van der Waals surface area contributed by atoms with Crippen LogP contribution >= 0.6 is 0 Å². The molecule has 0 amide bonds. The van der Waals surface area contributed by atoms with Crippen LogP contribution in [0.5, 0.6) is 0 Å². The molecule has 1 saturated carbocycles. The van der Waals surface area contributed by atoms with Crippen molar-refractivity contribution in [2.45, 2.75) is 90.1 Å². The highest BCUT2D eigenvalue weighted by atomic mass is 15.2. The maximum Gasteiger partial charge on any atom is 0.0123 e. The summed E-state index contributed by atoms with van der Waals surface area (Å²) in [6, 6.07) is 1.66. The maximum atomic E-state index is 3.60. The summed E-state index contributed by atoms with van der Waals surface area (Å²) in [6.45, 7) is 8.51. The zero-order valence-corrected chi connectivity index (χ0v) is 13.9. The Morgan fingerprint density at radius 1 is 1.10 bits per heavy atom. The lowest BCUT2D eigenvalue weighted by Crippen LogP contribution is -2.47. The molecule has 2 rings (SSSR count). The van der Waals surface area contributed by atoms with Crippen molar-refractivity contribution in [2.75, 3.05) is 19.6 Å². The minimum atomic E-state index is 0.707. The number of hydrogen-bond acceptors (Lipinski definition) is 2. The lowest BCUT2D eigenvalue weighted by molar-refractivity contribution is 0.0594. The first-order valence-electron chi connectivity index (χ1n) is 9.28. The molecule has 1 aliphatic heterocycles. The van der Waals surface area contributed by atoms with Crippen LogP contribution < -0.4 is 5.32 Å². The van der Waals surface area contributed by atoms with Gasteiger partial charge in [0.05, 0.1) is 0 Å². The summed E-state index contributed by atoms with van der Waals surface area (Å²) in [4.78, 5) is 2.84. The van der Waals surface area contributed by atoms with Gasteiger partial charge in [0.15, 0.2) is 0 Å². The quantitative estimate of drug-likeness (QED) is 0.670. The molecule has 1 aliphatic carbocycles. The van der Waals surface area contributed by atoms with Crippen LogP contribution in [0.2, 0.25) is 0 Å². The van der Waals surface area contributed by atoms with Crippen molar-refractivity contribution in [1.82, 2.24) is 10.2 Å². The van der Waals surface area contributed by atoms with Crippen LogP contribution in [0.4, 0.5) is 0 Å². The lowest BCUT2D eigenvalue weighted by atomic mass is 9.78. The summed E-state index contributed by atoms with van der Waals surface area (Å²) < 4.78 is 0. The highest BCUT2D eigenvalue weighted by Gasteiger charge is 2.32. The van der Waals surface area contributed by atoms with Gasteiger partial charge in [-0.15, -0.1) is 0 Å². The molecule has 2 fully saturated rings. The fraction of sp³-hybridized carbons (Fsp3) is 1.00. The third kappa shape index (κ3) is 5.04. The number of rotatable bonds is 8. The van der Waals surface area contributed by atoms with E-state index in [0.29, 0.717) is 6.04 Å². The van der Waals surface area contributed by atoms with E-state index in [1.165, 1.54) is 83.8 Å². The zero-order valence-electron chi connectivity index (χ0n) is 13.9. The van der Waals surface area contributed by atoms with Gasteiger partial charge in [0.2, 0.25) is 0 Å². The van der Waals surface area contributed by atoms with Crippen LogP contribution in [0.3, 0.4) is 0 Å². The highest BCUT2D eigenvalue weighted by molar-refractivity contribution is 4.87. The Kier molecular flexibility index (Phi) is 7.37. The highest BCUT2D eigenvalue weighted by Crippen LogP contribution is 2.35. The molecule has 0 bridgehead atoms. The first kappa shape index (κ1) is 16.3. The van der Waals surface area contributed by atoms with E-state index in [1.54, 1.807) is 0 Å². The van der Waals surface area contributed by atoms with Gasteiger partial charge in [-0.25, -0.2) is 0 Å². The molecule has 2 aliphatic rings. The standard InChI is InChI=1S/C18H36N2/c1-3-13-19-16(2)9-6-7-14-20-15-8-11-17-10-4-5-12-18(17)20/h16-19H,3-15H2,1-2H3. The number of nitrogens with one attached hydrogen (secondary N) is 1. The number of likely N-dealkylation sites (tertiary alicyclic amines) is 1. The largest absolute Gasteiger partial charge is 0.314 e. The van der Waals surface area contributed by atoms with Gasteiger partial charge >= 0.3 is 0 Å². The third-order valence-corrected chi connectivity index (χ3v) is 5.43. The Labute approximate surface area is 126 Å². The van der Waals surface area contributed by atoms with Gasteiger partial charge in [0.25, 0.3) is 0 Å². The maximum absolute atomic E-state index is 3.60. The molecule has 2 heteroatoms. The van der Waals surface area contributed by atoms with Crippen LogP contribution in [0.25, 0.3) is 0 Å². The molecular weight excluding hydrogens is 244 g/mol. The molecule has 1 saturated heterocycles. The summed E-state index contributed by atoms with van der Waals surface area (Å²) in [5.41, 5.74) is 0. The topological polar surface area (TPSA) is 15.3 Å². The third-order valence-electron chi connectivity index (χ3n) is 5.43. The molecule has 20 heavy (non-hydrogen) atoms. The van der Waals surface area contributed by atoms with Crippen LogP contribution in [0.1, 0.15) is 78.1 Å². The minimum Gasteiger partial charge on any atom is -0.314 e. The van der Waals surface area contributed by atoms with Gasteiger partial charge in [0, 0.05) is 12.1 Å². The van der Waals surface area contributed by atoms with Gasteiger partial charge in [0.1, 0.15) is 0 Å². The molecule has 0 spiro atoms. The van der Waals surface area contributed by atoms with E-state index < -0.39 is 0 Å². The van der Waals surface area contributed by atoms with Gasteiger partial charge in [-0.05, 0) is 77.4 Å². The molecule has 118 valence electrons. The van der Waals surface area contributed by atoms with Gasteiger partial charge in [-0.1, -0.05) is 26.2 Å². The average Bonchev–Trinajstić information content (AvgIpc) is 2.49. The van der Waals surface area contributed by atoms with Crippen molar-refractivity contribution < 1.29 is 0 Å². The van der Waals surface area contributed by atoms with Crippen LogP contribution in [-0.4, -0.2) is 36.6 Å². The van der Waals surface area contributed by atoms with E-state index in [-0.39, 0.29) is 0 Å². The zero-order chi connectivity index (χ0) is 14.2. The van der Waals surface area contributed by atoms with E-state index in [9.17, 15) is 0 Å². The number of hydrogen-bond donors (Lipinski definition) is 1. The Balaban J connectivity index is 1.60. The Bertz CT molecular complexity index is 252. The molecular formula is C18H36N2. The van der Waals surface area contributed by atoms with Crippen molar-refractivity contribution in [2.24, 2.45) is 5.92 Å². The predicted octanol–water partition coefficient (Wildman–Crippen LogP) is 4.20. The Morgan fingerprint density at radius 2 is 1.90 bits per heavy atom. The first-order valence-corrected chi connectivity index (χ1v) is 9.28. The fourth-order valence-corrected chi connectivity index (χ4v) is 4.26. The summed E-state index contributed by atoms with van der Waals surface area (Å²) in [7, 11) is 0. The number of fused-ring (bicyclic) bond motifs is 1. The molecule has 0 aromatic rings. The van der Waals surface area contributed by atoms with Crippen LogP contribution in [0.15, 0.2) is 0 Å². The van der Waals surface area contributed by atoms with E-state index >= 15 is 0 Å². The second-order valence-corrected chi connectivity index (χ2v) is 7.14. The van der Waals surface area contributed by atoms with Gasteiger partial charge in [-0.2, -0.15) is 0 Å². The van der Waals surface area contributed by atoms with Crippen molar-refractivity contribution in [3.05, 3.63) is 0 Å². The summed E-state index contributed by atoms with van der Waals surface area (Å²) in [6.07, 6.45) is 14.3. The molecule has 3 unspecified atom stereocenters. The van der Waals surface area contributed by atoms with Gasteiger partial charge < -0.3 is 10.2 Å². The molecule has 2 nitrogen and oxygen atoms in total. The second-order valence-electron chi connectivity index (χ2n) is 7.14. The van der Waals surface area contributed by atoms with E-state index in [1.807, 2.05) is 0 Å². The normalized spacial score (nSPS) is 29.1. The molecule has 3 atom stereocenters. The summed E-state index contributed by atoms with van der Waals surface area (Å²) in [5, 5.41) is 3.60. The monoisotopic (exact) mass is 280 g/mol. The Morgan fingerprint density at radius 3 is 2.75 bits per heavy atom. The molecule has 0 aromatic heterocycles. The fourth-order valence-electron chi connectivity index (χ4n) is 4.26. The summed E-state index contributed by atoms with van der Waals surface area (Å²) in [5.74, 6) is 1.04. The van der Waals surface area contributed by atoms with Crippen LogP contribution in [-0.2, 0) is 0 Å². The minimum absolute atomic E-state index is 0.707. The average molecular weight is 280 g/mol. The summed E-state index contributed by atoms with van der Waals surface area (Å²) >= 11 is 0. The van der Waals surface area contributed by atoms with Crippen molar-refractivity contribution in [3.8, 4) is 0 Å². The van der Waals surface area contributed by atoms with E-state index in [2.05, 4.69) is 24.1 Å². The molecule has 0 radical (unpaired) electrons. The molecule has 1 heterocycles. The smallest absolute Gasteiger partial charge is 0.0123 e. The van der Waals surface area contributed by atoms with Crippen molar-refractivity contribution in [3.63, 3.8) is 0 Å². The van der Waals surface area contributed by atoms with Crippen molar-refractivity contribution >= 4 is 0 Å². The number of unbranched alkanes of at least 4 members (excludes halogenated alkanes) is 1. The Hall–Kier alpha value is -0.0800. The van der Waals surface area contributed by atoms with Crippen LogP contribution in [0, 0.1) is 5.92 Å². The predicted molar refractivity (Wildman–Crippen MR) is 88.2 cm³/mol. The van der Waals surface area contributed by atoms with Gasteiger partial charge in [-0.3, -0.25) is 0 Å². The molecule has 0 aromatic carbocycles. The van der Waals surface area contributed by atoms with E-state index in [4.69, 9.17) is 0 Å². The molecule has 1 N–H and O–H groups in total. The van der Waals surface area contributed by atoms with Crippen molar-refractivity contribution in [1.29, 1.82) is 0 Å². The number of nitrogens with zero attached hydrogens (tertiary/aromatic N) is 1. The number of piperidine rings is 1. The first-order chi connectivity index (χ1) is 9.81. The van der Waals surface area contributed by atoms with E-state index in [0.717, 1.165) is 12.0 Å². The lowest BCUT2D eigenvalue weighted by Gasteiger charge is -2.44. The second kappa shape index (κ2) is 9.04.